The number of hydrogen-bond acceptors (Lipinski definition) is 3. The van der Waals surface area contributed by atoms with Gasteiger partial charge in [0.1, 0.15) is 6.61 Å². The predicted octanol–water partition coefficient (Wildman–Crippen LogP) is 3.67. The Labute approximate surface area is 129 Å². The van der Waals surface area contributed by atoms with Gasteiger partial charge in [0, 0.05) is 19.1 Å². The summed E-state index contributed by atoms with van der Waals surface area (Å²) < 4.78 is 24.0. The van der Waals surface area contributed by atoms with E-state index in [1.165, 1.54) is 12.1 Å². The number of ether oxygens (including phenoxy) is 2. The molecule has 0 radical (unpaired) electrons. The molecule has 3 nitrogen and oxygen atoms in total. The summed E-state index contributed by atoms with van der Waals surface area (Å²) in [4.78, 5) is 12.1. The summed E-state index contributed by atoms with van der Waals surface area (Å²) in [6, 6.07) is 14.1. The molecule has 0 atom stereocenters. The maximum Gasteiger partial charge on any atom is 0.165 e. The topological polar surface area (TPSA) is 35.5 Å². The maximum absolute atomic E-state index is 13.9. The fraction of sp³-hybridized carbons (Fsp3) is 0.278. The van der Waals surface area contributed by atoms with E-state index in [4.69, 9.17) is 9.47 Å². The largest absolute Gasteiger partial charge is 0.488 e. The van der Waals surface area contributed by atoms with E-state index in [9.17, 15) is 9.18 Å². The molecule has 2 aromatic rings. The molecule has 116 valence electrons. The van der Waals surface area contributed by atoms with E-state index in [0.717, 1.165) is 5.56 Å². The Morgan fingerprint density at radius 2 is 1.86 bits per heavy atom. The molecule has 0 amide bonds. The van der Waals surface area contributed by atoms with E-state index >= 15 is 0 Å². The molecule has 2 rings (SSSR count). The fourth-order valence-electron chi connectivity index (χ4n) is 2.07. The quantitative estimate of drug-likeness (QED) is 0.551. The highest BCUT2D eigenvalue weighted by atomic mass is 19.1. The lowest BCUT2D eigenvalue weighted by atomic mass is 10.0. The lowest BCUT2D eigenvalue weighted by Gasteiger charge is -2.08. The van der Waals surface area contributed by atoms with Gasteiger partial charge in [-0.3, -0.25) is 4.79 Å². The molecule has 2 aromatic carbocycles. The molecule has 0 saturated heterocycles. The Balaban J connectivity index is 1.94. The van der Waals surface area contributed by atoms with Crippen LogP contribution >= 0.6 is 0 Å². The SMILES string of the molecule is COCCOc1ccc(C(=O)CCc2ccccc2)cc1F. The second-order valence-corrected chi connectivity index (χ2v) is 4.90. The van der Waals surface area contributed by atoms with Crippen LogP contribution in [0.1, 0.15) is 22.3 Å². The standard InChI is InChI=1S/C18H19FO3/c1-21-11-12-22-18-10-8-15(13-16(18)19)17(20)9-7-14-5-3-2-4-6-14/h2-6,8,10,13H,7,9,11-12H2,1H3. The second-order valence-electron chi connectivity index (χ2n) is 4.90. The van der Waals surface area contributed by atoms with Gasteiger partial charge in [0.25, 0.3) is 0 Å². The van der Waals surface area contributed by atoms with Crippen LogP contribution in [-0.4, -0.2) is 26.1 Å². The van der Waals surface area contributed by atoms with E-state index in [-0.39, 0.29) is 18.1 Å². The molecule has 0 aliphatic carbocycles. The summed E-state index contributed by atoms with van der Waals surface area (Å²) in [6.07, 6.45) is 1.00. The van der Waals surface area contributed by atoms with Gasteiger partial charge in [-0.25, -0.2) is 4.39 Å². The Morgan fingerprint density at radius 3 is 2.55 bits per heavy atom. The molecular formula is C18H19FO3. The number of ketones is 1. The summed E-state index contributed by atoms with van der Waals surface area (Å²) in [5, 5.41) is 0. The zero-order chi connectivity index (χ0) is 15.8. The van der Waals surface area contributed by atoms with E-state index in [1.807, 2.05) is 30.3 Å². The number of hydrogen-bond donors (Lipinski definition) is 0. The molecule has 0 aliphatic rings. The first-order valence-electron chi connectivity index (χ1n) is 7.19. The van der Waals surface area contributed by atoms with Gasteiger partial charge in [-0.2, -0.15) is 0 Å². The van der Waals surface area contributed by atoms with Crippen molar-refractivity contribution in [1.82, 2.24) is 0 Å². The van der Waals surface area contributed by atoms with Gasteiger partial charge < -0.3 is 9.47 Å². The van der Waals surface area contributed by atoms with Crippen LogP contribution in [0.3, 0.4) is 0 Å². The first-order chi connectivity index (χ1) is 10.7. The number of methoxy groups -OCH3 is 1. The average molecular weight is 302 g/mol. The molecule has 0 fully saturated rings. The van der Waals surface area contributed by atoms with Crippen LogP contribution < -0.4 is 4.74 Å². The van der Waals surface area contributed by atoms with Crippen molar-refractivity contribution in [2.24, 2.45) is 0 Å². The molecule has 0 aromatic heterocycles. The van der Waals surface area contributed by atoms with E-state index < -0.39 is 5.82 Å². The van der Waals surface area contributed by atoms with Crippen LogP contribution in [0.25, 0.3) is 0 Å². The summed E-state index contributed by atoms with van der Waals surface area (Å²) in [6.45, 7) is 0.659. The van der Waals surface area contributed by atoms with Crippen molar-refractivity contribution >= 4 is 5.78 Å². The number of rotatable bonds is 8. The first kappa shape index (κ1) is 16.2. The Kier molecular flexibility index (Phi) is 6.10. The Hall–Kier alpha value is -2.20. The van der Waals surface area contributed by atoms with Gasteiger partial charge in [-0.1, -0.05) is 30.3 Å². The highest BCUT2D eigenvalue weighted by molar-refractivity contribution is 5.96. The van der Waals surface area contributed by atoms with Gasteiger partial charge in [-0.05, 0) is 30.2 Å². The molecule has 0 bridgehead atoms. The third kappa shape index (κ3) is 4.67. The second kappa shape index (κ2) is 8.29. The van der Waals surface area contributed by atoms with Crippen LogP contribution in [0.4, 0.5) is 4.39 Å². The number of benzene rings is 2. The zero-order valence-electron chi connectivity index (χ0n) is 12.5. The molecule has 0 heterocycles. The number of aryl methyl sites for hydroxylation is 1. The number of halogens is 1. The monoisotopic (exact) mass is 302 g/mol. The molecular weight excluding hydrogens is 283 g/mol. The molecule has 4 heteroatoms. The minimum Gasteiger partial charge on any atom is -0.488 e. The summed E-state index contributed by atoms with van der Waals surface area (Å²) in [5.74, 6) is -0.468. The molecule has 0 saturated carbocycles. The lowest BCUT2D eigenvalue weighted by Crippen LogP contribution is -2.07. The van der Waals surface area contributed by atoms with E-state index in [2.05, 4.69) is 0 Å². The third-order valence-electron chi connectivity index (χ3n) is 3.28. The lowest BCUT2D eigenvalue weighted by molar-refractivity contribution is 0.0982. The van der Waals surface area contributed by atoms with Crippen LogP contribution in [0.15, 0.2) is 48.5 Å². The number of carbonyl (C=O) groups is 1. The summed E-state index contributed by atoms with van der Waals surface area (Å²) >= 11 is 0. The van der Waals surface area contributed by atoms with Gasteiger partial charge in [0.2, 0.25) is 0 Å². The summed E-state index contributed by atoms with van der Waals surface area (Å²) in [7, 11) is 1.55. The van der Waals surface area contributed by atoms with Gasteiger partial charge in [0.05, 0.1) is 6.61 Å². The van der Waals surface area contributed by atoms with Crippen molar-refractivity contribution in [2.45, 2.75) is 12.8 Å². The minimum atomic E-state index is -0.526. The number of carbonyl (C=O) groups excluding carboxylic acids is 1. The van der Waals surface area contributed by atoms with Gasteiger partial charge in [-0.15, -0.1) is 0 Å². The van der Waals surface area contributed by atoms with Crippen LogP contribution in [0, 0.1) is 5.82 Å². The van der Waals surface area contributed by atoms with Gasteiger partial charge >= 0.3 is 0 Å². The summed E-state index contributed by atoms with van der Waals surface area (Å²) in [5.41, 5.74) is 1.46. The molecule has 0 N–H and O–H groups in total. The van der Waals surface area contributed by atoms with E-state index in [0.29, 0.717) is 25.0 Å². The van der Waals surface area contributed by atoms with Crippen molar-refractivity contribution in [3.8, 4) is 5.75 Å². The van der Waals surface area contributed by atoms with Gasteiger partial charge in [0.15, 0.2) is 17.3 Å². The van der Waals surface area contributed by atoms with E-state index in [1.54, 1.807) is 13.2 Å². The average Bonchev–Trinajstić information content (AvgIpc) is 2.55. The smallest absolute Gasteiger partial charge is 0.165 e. The molecule has 0 spiro atoms. The van der Waals surface area contributed by atoms with Crippen molar-refractivity contribution in [3.05, 3.63) is 65.5 Å². The molecule has 22 heavy (non-hydrogen) atoms. The van der Waals surface area contributed by atoms with Crippen molar-refractivity contribution < 1.29 is 18.7 Å². The fourth-order valence-corrected chi connectivity index (χ4v) is 2.07. The highest BCUT2D eigenvalue weighted by Gasteiger charge is 2.11. The zero-order valence-corrected chi connectivity index (χ0v) is 12.5. The third-order valence-corrected chi connectivity index (χ3v) is 3.28. The highest BCUT2D eigenvalue weighted by Crippen LogP contribution is 2.19. The van der Waals surface area contributed by atoms with Crippen molar-refractivity contribution in [1.29, 1.82) is 0 Å². The maximum atomic E-state index is 13.9. The predicted molar refractivity (Wildman–Crippen MR) is 82.9 cm³/mol. The van der Waals surface area contributed by atoms with Crippen molar-refractivity contribution in [2.75, 3.05) is 20.3 Å². The van der Waals surface area contributed by atoms with Crippen LogP contribution in [0.5, 0.6) is 5.75 Å². The van der Waals surface area contributed by atoms with Crippen LogP contribution in [-0.2, 0) is 11.2 Å². The Morgan fingerprint density at radius 1 is 1.09 bits per heavy atom. The van der Waals surface area contributed by atoms with Crippen molar-refractivity contribution in [3.63, 3.8) is 0 Å². The minimum absolute atomic E-state index is 0.0776. The normalized spacial score (nSPS) is 10.5. The number of Topliss-reactive ketones (excluding diaryl/α,β-unsaturated/α-hetero) is 1. The molecule has 0 aliphatic heterocycles. The first-order valence-corrected chi connectivity index (χ1v) is 7.19. The Bertz CT molecular complexity index is 611. The molecule has 0 unspecified atom stereocenters. The van der Waals surface area contributed by atoms with Crippen LogP contribution in [0.2, 0.25) is 0 Å².